The van der Waals surface area contributed by atoms with Crippen molar-refractivity contribution in [1.82, 2.24) is 4.90 Å². The van der Waals surface area contributed by atoms with Gasteiger partial charge in [-0.3, -0.25) is 14.5 Å². The van der Waals surface area contributed by atoms with Gasteiger partial charge in [-0.25, -0.2) is 0 Å². The van der Waals surface area contributed by atoms with Gasteiger partial charge in [-0.15, -0.1) is 0 Å². The third-order valence-corrected chi connectivity index (χ3v) is 8.69. The molecule has 0 unspecified atom stereocenters. The molecule has 6 rings (SSSR count). The van der Waals surface area contributed by atoms with E-state index < -0.39 is 5.91 Å². The summed E-state index contributed by atoms with van der Waals surface area (Å²) in [5.74, 6) is 1.88. The molecule has 2 amide bonds. The summed E-state index contributed by atoms with van der Waals surface area (Å²) in [7, 11) is 0. The summed E-state index contributed by atoms with van der Waals surface area (Å²) in [6, 6.07) is 21.4. The third-order valence-electron chi connectivity index (χ3n) is 6.63. The summed E-state index contributed by atoms with van der Waals surface area (Å²) in [6.07, 6.45) is 1.70. The number of fused-ring (bicyclic) bond motifs is 2. The Hall–Kier alpha value is -3.41. The van der Waals surface area contributed by atoms with E-state index in [0.29, 0.717) is 51.7 Å². The van der Waals surface area contributed by atoms with Crippen LogP contribution in [0.4, 0.5) is 4.79 Å². The van der Waals surface area contributed by atoms with E-state index in [1.807, 2.05) is 37.3 Å². The number of amides is 2. The lowest BCUT2D eigenvalue weighted by atomic mass is 10.1. The molecule has 0 bridgehead atoms. The summed E-state index contributed by atoms with van der Waals surface area (Å²) >= 11 is 9.48. The molecular formula is C31H23ClINO6S. The average Bonchev–Trinajstić information content (AvgIpc) is 3.51. The van der Waals surface area contributed by atoms with E-state index in [0.717, 1.165) is 37.2 Å². The lowest BCUT2D eigenvalue weighted by Gasteiger charge is -2.16. The monoisotopic (exact) mass is 699 g/mol. The second kappa shape index (κ2) is 11.8. The topological polar surface area (TPSA) is 74.3 Å². The zero-order valence-corrected chi connectivity index (χ0v) is 25.5. The van der Waals surface area contributed by atoms with Gasteiger partial charge in [0.1, 0.15) is 6.61 Å². The third kappa shape index (κ3) is 5.71. The molecule has 2 heterocycles. The van der Waals surface area contributed by atoms with E-state index in [9.17, 15) is 9.59 Å². The Morgan fingerprint density at radius 2 is 1.78 bits per heavy atom. The average molecular weight is 700 g/mol. The van der Waals surface area contributed by atoms with Crippen LogP contribution in [0.3, 0.4) is 0 Å². The van der Waals surface area contributed by atoms with Crippen molar-refractivity contribution in [3.8, 4) is 23.0 Å². The highest BCUT2D eigenvalue weighted by Gasteiger charge is 2.36. The normalized spacial score (nSPS) is 15.3. The van der Waals surface area contributed by atoms with Crippen LogP contribution in [0.5, 0.6) is 23.0 Å². The highest BCUT2D eigenvalue weighted by Crippen LogP contribution is 2.41. The predicted octanol–water partition coefficient (Wildman–Crippen LogP) is 8.04. The number of nitrogens with zero attached hydrogens (tertiary/aromatic N) is 1. The van der Waals surface area contributed by atoms with Gasteiger partial charge in [0.05, 0.1) is 21.6 Å². The van der Waals surface area contributed by atoms with E-state index in [-0.39, 0.29) is 18.6 Å². The van der Waals surface area contributed by atoms with Gasteiger partial charge in [0.15, 0.2) is 23.0 Å². The van der Waals surface area contributed by atoms with Gasteiger partial charge in [-0.1, -0.05) is 54.1 Å². The van der Waals surface area contributed by atoms with Crippen molar-refractivity contribution in [1.29, 1.82) is 0 Å². The Morgan fingerprint density at radius 1 is 1.00 bits per heavy atom. The molecule has 2 aliphatic heterocycles. The number of imide groups is 1. The van der Waals surface area contributed by atoms with Crippen molar-refractivity contribution < 1.29 is 28.5 Å². The van der Waals surface area contributed by atoms with Crippen molar-refractivity contribution in [3.05, 3.63) is 96.9 Å². The number of ether oxygens (including phenoxy) is 4. The molecule has 7 nitrogen and oxygen atoms in total. The quantitative estimate of drug-likeness (QED) is 0.136. The van der Waals surface area contributed by atoms with Crippen LogP contribution in [0.1, 0.15) is 23.6 Å². The standard InChI is InChI=1S/C31H23ClINO6S/c1-2-37-27-11-18(10-24(33)29(27)38-16-20-8-5-7-19-6-3-4-9-22(19)20)12-28-30(35)34(31(36)41-28)15-21-13-25-26(14-23(21)32)40-17-39-25/h3-14H,2,15-17H2,1H3/b28-12-. The fourth-order valence-electron chi connectivity index (χ4n) is 4.68. The summed E-state index contributed by atoms with van der Waals surface area (Å²) in [6.45, 7) is 2.85. The highest BCUT2D eigenvalue weighted by atomic mass is 127. The van der Waals surface area contributed by atoms with Gasteiger partial charge in [-0.05, 0) is 93.0 Å². The summed E-state index contributed by atoms with van der Waals surface area (Å²) in [5, 5.41) is 2.31. The van der Waals surface area contributed by atoms with Gasteiger partial charge in [-0.2, -0.15) is 0 Å². The van der Waals surface area contributed by atoms with Crippen molar-refractivity contribution in [3.63, 3.8) is 0 Å². The number of thioether (sulfide) groups is 1. The highest BCUT2D eigenvalue weighted by molar-refractivity contribution is 14.1. The minimum absolute atomic E-state index is 0.0279. The zero-order chi connectivity index (χ0) is 28.5. The van der Waals surface area contributed by atoms with E-state index in [4.69, 9.17) is 30.5 Å². The fourth-order valence-corrected chi connectivity index (χ4v) is 6.51. The number of hydrogen-bond donors (Lipinski definition) is 0. The zero-order valence-electron chi connectivity index (χ0n) is 21.8. The van der Waals surface area contributed by atoms with Gasteiger partial charge >= 0.3 is 0 Å². The number of carbonyl (C=O) groups excluding carboxylic acids is 2. The van der Waals surface area contributed by atoms with Crippen molar-refractivity contribution in [2.75, 3.05) is 13.4 Å². The van der Waals surface area contributed by atoms with Crippen LogP contribution in [0.25, 0.3) is 16.8 Å². The van der Waals surface area contributed by atoms with Gasteiger partial charge < -0.3 is 18.9 Å². The lowest BCUT2D eigenvalue weighted by Crippen LogP contribution is -2.27. The Morgan fingerprint density at radius 3 is 2.61 bits per heavy atom. The molecule has 0 spiro atoms. The van der Waals surface area contributed by atoms with Crippen LogP contribution in [-0.2, 0) is 17.9 Å². The second-order valence-corrected chi connectivity index (χ2v) is 11.8. The first-order chi connectivity index (χ1) is 19.9. The number of halogens is 2. The van der Waals surface area contributed by atoms with E-state index in [1.165, 1.54) is 4.90 Å². The first-order valence-electron chi connectivity index (χ1n) is 12.8. The minimum atomic E-state index is -0.391. The molecule has 0 radical (unpaired) electrons. The van der Waals surface area contributed by atoms with E-state index in [2.05, 4.69) is 46.9 Å². The van der Waals surface area contributed by atoms with Crippen LogP contribution in [-0.4, -0.2) is 29.4 Å². The van der Waals surface area contributed by atoms with Crippen molar-refractivity contribution in [2.24, 2.45) is 0 Å². The minimum Gasteiger partial charge on any atom is -0.490 e. The van der Waals surface area contributed by atoms with Crippen LogP contribution in [0, 0.1) is 3.57 Å². The molecule has 1 fully saturated rings. The number of hydrogen-bond acceptors (Lipinski definition) is 7. The van der Waals surface area contributed by atoms with Gasteiger partial charge in [0.25, 0.3) is 11.1 Å². The lowest BCUT2D eigenvalue weighted by molar-refractivity contribution is -0.123. The number of carbonyl (C=O) groups is 2. The number of rotatable bonds is 8. The maximum atomic E-state index is 13.3. The molecule has 0 aromatic heterocycles. The maximum absolute atomic E-state index is 13.3. The molecular weight excluding hydrogens is 677 g/mol. The van der Waals surface area contributed by atoms with E-state index in [1.54, 1.807) is 18.2 Å². The van der Waals surface area contributed by atoms with Crippen LogP contribution in [0.15, 0.2) is 71.6 Å². The molecule has 2 aliphatic rings. The smallest absolute Gasteiger partial charge is 0.293 e. The van der Waals surface area contributed by atoms with E-state index >= 15 is 0 Å². The molecule has 0 atom stereocenters. The second-order valence-electron chi connectivity index (χ2n) is 9.25. The van der Waals surface area contributed by atoms with Crippen molar-refractivity contribution in [2.45, 2.75) is 20.1 Å². The van der Waals surface area contributed by atoms with Crippen LogP contribution < -0.4 is 18.9 Å². The first-order valence-corrected chi connectivity index (χ1v) is 15.1. The van der Waals surface area contributed by atoms with Crippen LogP contribution in [0.2, 0.25) is 5.02 Å². The molecule has 4 aromatic carbocycles. The molecule has 0 N–H and O–H groups in total. The largest absolute Gasteiger partial charge is 0.490 e. The van der Waals surface area contributed by atoms with Gasteiger partial charge in [0.2, 0.25) is 6.79 Å². The molecule has 1 saturated heterocycles. The fraction of sp³-hybridized carbons (Fsp3) is 0.161. The number of benzene rings is 4. The summed E-state index contributed by atoms with van der Waals surface area (Å²) in [4.78, 5) is 27.6. The molecule has 10 heteroatoms. The first kappa shape index (κ1) is 27.7. The maximum Gasteiger partial charge on any atom is 0.293 e. The molecule has 0 saturated carbocycles. The SMILES string of the molecule is CCOc1cc(/C=C2\SC(=O)N(Cc3cc4c(cc3Cl)OCO4)C2=O)cc(I)c1OCc1cccc2ccccc12. The van der Waals surface area contributed by atoms with Crippen LogP contribution >= 0.6 is 46.0 Å². The Kier molecular flexibility index (Phi) is 8.01. The van der Waals surface area contributed by atoms with Crippen molar-refractivity contribution >= 4 is 73.9 Å². The Labute approximate surface area is 259 Å². The Bertz CT molecular complexity index is 1720. The molecule has 0 aliphatic carbocycles. The van der Waals surface area contributed by atoms with Gasteiger partial charge in [0, 0.05) is 11.1 Å². The summed E-state index contributed by atoms with van der Waals surface area (Å²) in [5.41, 5.74) is 2.39. The predicted molar refractivity (Wildman–Crippen MR) is 168 cm³/mol. The summed E-state index contributed by atoms with van der Waals surface area (Å²) < 4.78 is 23.8. The molecule has 41 heavy (non-hydrogen) atoms. The Balaban J connectivity index is 1.23. The molecule has 4 aromatic rings. The molecule has 208 valence electrons.